The van der Waals surface area contributed by atoms with E-state index < -0.39 is 23.9 Å². The minimum Gasteiger partial charge on any atom is -0.451 e. The predicted molar refractivity (Wildman–Crippen MR) is 81.5 cm³/mol. The summed E-state index contributed by atoms with van der Waals surface area (Å²) >= 11 is 0. The summed E-state index contributed by atoms with van der Waals surface area (Å²) in [7, 11) is -5.93. The van der Waals surface area contributed by atoms with Crippen molar-refractivity contribution < 1.29 is 17.9 Å². The number of rotatable bonds is 4. The van der Waals surface area contributed by atoms with Crippen molar-refractivity contribution in [3.8, 4) is 0 Å². The van der Waals surface area contributed by atoms with Gasteiger partial charge in [0.15, 0.2) is 0 Å². The van der Waals surface area contributed by atoms with E-state index in [-0.39, 0.29) is 10.1 Å². The predicted octanol–water partition coefficient (Wildman–Crippen LogP) is 2.79. The molecule has 0 unspecified atom stereocenters. The summed E-state index contributed by atoms with van der Waals surface area (Å²) in [4.78, 5) is 0. The Bertz CT molecular complexity index is 576. The van der Waals surface area contributed by atoms with Gasteiger partial charge in [-0.3, -0.25) is 0 Å². The zero-order valence-electron chi connectivity index (χ0n) is 13.2. The van der Waals surface area contributed by atoms with E-state index in [0.717, 1.165) is 0 Å². The molecule has 0 saturated heterocycles. The van der Waals surface area contributed by atoms with Crippen molar-refractivity contribution in [2.75, 3.05) is 0 Å². The van der Waals surface area contributed by atoms with Crippen LogP contribution in [0, 0.1) is 0 Å². The van der Waals surface area contributed by atoms with Crippen molar-refractivity contribution in [1.29, 1.82) is 0 Å². The number of furan rings is 1. The molecule has 0 aliphatic carbocycles. The molecule has 1 rings (SSSR count). The molecular weight excluding hydrogens is 294 g/mol. The van der Waals surface area contributed by atoms with Gasteiger partial charge in [-0.15, -0.1) is 0 Å². The summed E-state index contributed by atoms with van der Waals surface area (Å²) in [5.74, 6) is 0. The van der Waals surface area contributed by atoms with Crippen LogP contribution in [-0.2, 0) is 15.6 Å². The topological polar surface area (TPSA) is 79.5 Å². The molecule has 0 bridgehead atoms. The lowest BCUT2D eigenvalue weighted by Gasteiger charge is -2.36. The Hall–Kier alpha value is -0.633. The lowest BCUT2D eigenvalue weighted by molar-refractivity contribution is 0.0779. The maximum atomic E-state index is 12.4. The van der Waals surface area contributed by atoms with E-state index >= 15 is 0 Å². The lowest BCUT2D eigenvalue weighted by Crippen LogP contribution is -2.54. The van der Waals surface area contributed by atoms with Crippen LogP contribution in [0.4, 0.5) is 0 Å². The molecule has 0 atom stereocenters. The van der Waals surface area contributed by atoms with Gasteiger partial charge >= 0.3 is 0 Å². The zero-order valence-corrected chi connectivity index (χ0v) is 15.1. The maximum Gasteiger partial charge on any atom is 0.268 e. The van der Waals surface area contributed by atoms with Crippen LogP contribution in [0.15, 0.2) is 21.8 Å². The summed E-state index contributed by atoms with van der Waals surface area (Å²) in [6.45, 7) is 13.1. The van der Waals surface area contributed by atoms with Crippen molar-refractivity contribution in [2.45, 2.75) is 63.4 Å². The van der Waals surface area contributed by atoms with Crippen LogP contribution in [-0.4, -0.2) is 21.8 Å². The minimum atomic E-state index is -3.71. The summed E-state index contributed by atoms with van der Waals surface area (Å²) in [5.41, 5.74) is -0.693. The molecule has 5 nitrogen and oxygen atoms in total. The van der Waals surface area contributed by atoms with Crippen LogP contribution in [0.3, 0.4) is 0 Å². The molecule has 1 aromatic rings. The van der Waals surface area contributed by atoms with Crippen LogP contribution >= 0.6 is 0 Å². The smallest absolute Gasteiger partial charge is 0.268 e. The van der Waals surface area contributed by atoms with Gasteiger partial charge in [0.1, 0.15) is 8.24 Å². The third-order valence-electron chi connectivity index (χ3n) is 3.81. The molecule has 116 valence electrons. The highest BCUT2D eigenvalue weighted by atomic mass is 32.2. The molecule has 0 amide bonds. The third kappa shape index (κ3) is 3.72. The van der Waals surface area contributed by atoms with Gasteiger partial charge in [0, 0.05) is 11.6 Å². The highest BCUT2D eigenvalue weighted by Crippen LogP contribution is 2.35. The number of nitrogens with one attached hydrogen (secondary N) is 1. The molecule has 0 aliphatic heterocycles. The van der Waals surface area contributed by atoms with Crippen molar-refractivity contribution in [1.82, 2.24) is 4.39 Å². The van der Waals surface area contributed by atoms with E-state index in [1.807, 2.05) is 33.9 Å². The van der Waals surface area contributed by atoms with Crippen LogP contribution in [0.1, 0.15) is 40.2 Å². The third-order valence-corrected chi connectivity index (χ3v) is 11.4. The van der Waals surface area contributed by atoms with Gasteiger partial charge in [-0.2, -0.15) is 0 Å². The quantitative estimate of drug-likeness (QED) is 0.836. The van der Waals surface area contributed by atoms with Crippen molar-refractivity contribution >= 4 is 18.3 Å². The van der Waals surface area contributed by atoms with Gasteiger partial charge in [0.25, 0.3) is 10.0 Å². The Labute approximate surface area is 122 Å². The van der Waals surface area contributed by atoms with Gasteiger partial charge in [0.2, 0.25) is 5.09 Å². The second kappa shape index (κ2) is 4.98. The molecule has 7 heteroatoms. The number of sulfonamides is 1. The van der Waals surface area contributed by atoms with Crippen molar-refractivity contribution in [3.05, 3.63) is 17.9 Å². The molecule has 1 aromatic heterocycles. The van der Waals surface area contributed by atoms with Gasteiger partial charge in [0.05, 0.1) is 11.9 Å². The average molecular weight is 319 g/mol. The first-order valence-corrected chi connectivity index (χ1v) is 11.0. The minimum absolute atomic E-state index is 0.119. The zero-order chi connectivity index (χ0) is 16.0. The average Bonchev–Trinajstić information content (AvgIpc) is 2.61. The molecular formula is C13H25NO4SSi. The largest absolute Gasteiger partial charge is 0.451 e. The maximum absolute atomic E-state index is 12.4. The fourth-order valence-electron chi connectivity index (χ4n) is 1.32. The summed E-state index contributed by atoms with van der Waals surface area (Å²) in [6, 6.07) is 1.37. The van der Waals surface area contributed by atoms with E-state index in [4.69, 9.17) is 4.42 Å². The molecule has 0 fully saturated rings. The van der Waals surface area contributed by atoms with Gasteiger partial charge in [-0.25, -0.2) is 12.8 Å². The van der Waals surface area contributed by atoms with Crippen LogP contribution in [0.25, 0.3) is 0 Å². The summed E-state index contributed by atoms with van der Waals surface area (Å²) < 4.78 is 32.7. The highest BCUT2D eigenvalue weighted by molar-refractivity contribution is 7.90. The van der Waals surface area contributed by atoms with Gasteiger partial charge in [-0.05, 0) is 18.9 Å². The van der Waals surface area contributed by atoms with E-state index in [0.29, 0.717) is 5.56 Å². The first-order chi connectivity index (χ1) is 8.67. The van der Waals surface area contributed by atoms with E-state index in [1.54, 1.807) is 13.8 Å². The molecule has 2 N–H and O–H groups in total. The molecule has 0 radical (unpaired) electrons. The van der Waals surface area contributed by atoms with Crippen LogP contribution < -0.4 is 4.39 Å². The van der Waals surface area contributed by atoms with Gasteiger partial charge in [-0.1, -0.05) is 33.9 Å². The second-order valence-electron chi connectivity index (χ2n) is 7.19. The SMILES string of the molecule is CC(C)(O)c1coc(S(=O)(=O)N[Si](C)(C)C(C)(C)C)c1. The number of aliphatic hydroxyl groups is 1. The lowest BCUT2D eigenvalue weighted by atomic mass is 10.0. The highest BCUT2D eigenvalue weighted by Gasteiger charge is 2.40. The first-order valence-electron chi connectivity index (χ1n) is 6.52. The summed E-state index contributed by atoms with van der Waals surface area (Å²) in [5, 5.41) is 9.59. The molecule has 0 aliphatic rings. The van der Waals surface area contributed by atoms with Gasteiger partial charge < -0.3 is 9.52 Å². The Balaban J connectivity index is 3.10. The fraction of sp³-hybridized carbons (Fsp3) is 0.692. The Morgan fingerprint density at radius 2 is 1.70 bits per heavy atom. The van der Waals surface area contributed by atoms with Crippen molar-refractivity contribution in [2.24, 2.45) is 0 Å². The molecule has 0 spiro atoms. The molecule has 0 saturated carbocycles. The molecule has 20 heavy (non-hydrogen) atoms. The Morgan fingerprint density at radius 1 is 1.20 bits per heavy atom. The fourth-order valence-corrected chi connectivity index (χ4v) is 6.09. The first kappa shape index (κ1) is 17.4. The van der Waals surface area contributed by atoms with E-state index in [9.17, 15) is 13.5 Å². The standard InChI is InChI=1S/C13H25NO4SSi/c1-12(2,3)20(6,7)14-19(16,17)11-8-10(9-18-11)13(4,5)15/h8-9,14-15H,1-7H3. The van der Waals surface area contributed by atoms with Crippen LogP contribution in [0.2, 0.25) is 18.1 Å². The van der Waals surface area contributed by atoms with E-state index in [2.05, 4.69) is 4.39 Å². The number of hydrogen-bond donors (Lipinski definition) is 2. The Kier molecular flexibility index (Phi) is 4.33. The summed E-state index contributed by atoms with van der Waals surface area (Å²) in [6.07, 6.45) is 1.28. The second-order valence-corrected chi connectivity index (χ2v) is 14.2. The van der Waals surface area contributed by atoms with E-state index in [1.165, 1.54) is 12.3 Å². The number of hydrogen-bond acceptors (Lipinski definition) is 4. The van der Waals surface area contributed by atoms with Crippen LogP contribution in [0.5, 0.6) is 0 Å². The normalized spacial score (nSPS) is 14.6. The molecule has 0 aromatic carbocycles. The Morgan fingerprint density at radius 3 is 2.05 bits per heavy atom. The monoisotopic (exact) mass is 319 g/mol. The van der Waals surface area contributed by atoms with Crippen molar-refractivity contribution in [3.63, 3.8) is 0 Å². The molecule has 1 heterocycles.